The Kier molecular flexibility index (Phi) is 5.32. The van der Waals surface area contributed by atoms with Crippen LogP contribution in [0.15, 0.2) is 59.6 Å². The van der Waals surface area contributed by atoms with E-state index in [0.717, 1.165) is 24.1 Å². The number of carbonyl (C=O) groups is 2. The molecule has 2 fully saturated rings. The highest BCUT2D eigenvalue weighted by Crippen LogP contribution is 2.33. The predicted octanol–water partition coefficient (Wildman–Crippen LogP) is 2.61. The second kappa shape index (κ2) is 8.27. The quantitative estimate of drug-likeness (QED) is 0.831. The van der Waals surface area contributed by atoms with Crippen molar-refractivity contribution in [3.8, 4) is 0 Å². The van der Waals surface area contributed by atoms with Gasteiger partial charge in [-0.25, -0.2) is 0 Å². The van der Waals surface area contributed by atoms with Gasteiger partial charge in [-0.15, -0.1) is 0 Å². The molecule has 6 heteroatoms. The number of carbonyl (C=O) groups excluding carboxylic acids is 2. The third-order valence-corrected chi connectivity index (χ3v) is 6.66. The summed E-state index contributed by atoms with van der Waals surface area (Å²) in [5.74, 6) is -0.114. The van der Waals surface area contributed by atoms with E-state index in [4.69, 9.17) is 9.73 Å². The molecular formula is C25H27N3O3. The van der Waals surface area contributed by atoms with E-state index in [2.05, 4.69) is 17.4 Å². The number of hydrogen-bond acceptors (Lipinski definition) is 4. The fourth-order valence-electron chi connectivity index (χ4n) is 5.00. The number of fused-ring (bicyclic) bond motifs is 1. The molecule has 0 aromatic heterocycles. The van der Waals surface area contributed by atoms with Gasteiger partial charge in [-0.3, -0.25) is 14.6 Å². The highest BCUT2D eigenvalue weighted by molar-refractivity contribution is 6.08. The van der Waals surface area contributed by atoms with Gasteiger partial charge in [0.1, 0.15) is 12.1 Å². The number of aliphatic imine (C=N–C) groups is 1. The van der Waals surface area contributed by atoms with E-state index < -0.39 is 6.17 Å². The maximum atomic E-state index is 13.5. The number of benzene rings is 2. The molecule has 2 amide bonds. The van der Waals surface area contributed by atoms with Crippen LogP contribution in [0.4, 0.5) is 0 Å². The predicted molar refractivity (Wildman–Crippen MR) is 118 cm³/mol. The highest BCUT2D eigenvalue weighted by atomic mass is 16.5. The number of nitrogens with zero attached hydrogens (tertiary/aromatic N) is 2. The largest absolute Gasteiger partial charge is 0.374 e. The van der Waals surface area contributed by atoms with E-state index in [-0.39, 0.29) is 29.7 Å². The van der Waals surface area contributed by atoms with E-state index in [1.807, 2.05) is 54.3 Å². The van der Waals surface area contributed by atoms with Crippen LogP contribution in [-0.2, 0) is 16.0 Å². The fourth-order valence-corrected chi connectivity index (χ4v) is 5.00. The normalized spacial score (nSPS) is 27.6. The van der Waals surface area contributed by atoms with Crippen molar-refractivity contribution in [2.24, 2.45) is 16.8 Å². The molecule has 5 rings (SSSR count). The molecule has 4 unspecified atom stereocenters. The summed E-state index contributed by atoms with van der Waals surface area (Å²) in [6.07, 6.45) is 1.29. The van der Waals surface area contributed by atoms with Gasteiger partial charge in [0.25, 0.3) is 5.91 Å². The minimum absolute atomic E-state index is 0.000180. The molecule has 3 aliphatic rings. The third kappa shape index (κ3) is 3.88. The minimum atomic E-state index is -0.439. The minimum Gasteiger partial charge on any atom is -0.374 e. The van der Waals surface area contributed by atoms with Gasteiger partial charge in [-0.1, -0.05) is 48.0 Å². The molecule has 2 aromatic rings. The molecule has 3 heterocycles. The van der Waals surface area contributed by atoms with Gasteiger partial charge in [0, 0.05) is 12.1 Å². The Labute approximate surface area is 182 Å². The number of likely N-dealkylation sites (tertiary alicyclic amines) is 1. The van der Waals surface area contributed by atoms with Gasteiger partial charge in [0.2, 0.25) is 5.91 Å². The molecule has 0 saturated carbocycles. The Bertz CT molecular complexity index is 1000. The summed E-state index contributed by atoms with van der Waals surface area (Å²) in [5, 5.41) is 3.09. The van der Waals surface area contributed by atoms with Crippen LogP contribution in [0.25, 0.3) is 0 Å². The average Bonchev–Trinajstić information content (AvgIpc) is 3.42. The van der Waals surface area contributed by atoms with Crippen molar-refractivity contribution in [1.29, 1.82) is 0 Å². The summed E-state index contributed by atoms with van der Waals surface area (Å²) in [6, 6.07) is 17.8. The summed E-state index contributed by atoms with van der Waals surface area (Å²) in [6.45, 7) is 3.46. The Morgan fingerprint density at radius 1 is 1.16 bits per heavy atom. The molecule has 3 aliphatic heterocycles. The molecule has 6 nitrogen and oxygen atoms in total. The molecule has 2 aromatic carbocycles. The third-order valence-electron chi connectivity index (χ3n) is 6.66. The topological polar surface area (TPSA) is 71.0 Å². The number of aryl methyl sites for hydroxylation is 1. The van der Waals surface area contributed by atoms with Crippen LogP contribution < -0.4 is 5.32 Å². The molecule has 0 radical (unpaired) electrons. The summed E-state index contributed by atoms with van der Waals surface area (Å²) in [7, 11) is 0. The van der Waals surface area contributed by atoms with Crippen molar-refractivity contribution in [2.45, 2.75) is 32.0 Å². The number of ether oxygens (including phenoxy) is 1. The van der Waals surface area contributed by atoms with Crippen LogP contribution in [0, 0.1) is 18.8 Å². The summed E-state index contributed by atoms with van der Waals surface area (Å²) in [5.41, 5.74) is 3.84. The second-order valence-corrected chi connectivity index (χ2v) is 8.74. The van der Waals surface area contributed by atoms with Crippen molar-refractivity contribution >= 4 is 17.5 Å². The number of rotatable bonds is 4. The molecule has 0 bridgehead atoms. The first-order valence-corrected chi connectivity index (χ1v) is 11.0. The van der Waals surface area contributed by atoms with Gasteiger partial charge < -0.3 is 15.0 Å². The smallest absolute Gasteiger partial charge is 0.254 e. The van der Waals surface area contributed by atoms with E-state index in [0.29, 0.717) is 25.3 Å². The molecule has 1 N–H and O–H groups in total. The van der Waals surface area contributed by atoms with Crippen LogP contribution in [0.5, 0.6) is 0 Å². The van der Waals surface area contributed by atoms with Crippen LogP contribution >= 0.6 is 0 Å². The molecule has 31 heavy (non-hydrogen) atoms. The first-order chi connectivity index (χ1) is 15.1. The van der Waals surface area contributed by atoms with E-state index in [1.54, 1.807) is 0 Å². The average molecular weight is 418 g/mol. The monoisotopic (exact) mass is 417 g/mol. The Morgan fingerprint density at radius 3 is 2.71 bits per heavy atom. The molecule has 0 aliphatic carbocycles. The molecule has 0 spiro atoms. The van der Waals surface area contributed by atoms with Crippen molar-refractivity contribution in [3.05, 3.63) is 71.3 Å². The van der Waals surface area contributed by atoms with Gasteiger partial charge in [-0.05, 0) is 43.4 Å². The Balaban J connectivity index is 1.47. The van der Waals surface area contributed by atoms with Crippen molar-refractivity contribution in [3.63, 3.8) is 0 Å². The van der Waals surface area contributed by atoms with E-state index >= 15 is 0 Å². The van der Waals surface area contributed by atoms with Crippen molar-refractivity contribution < 1.29 is 14.3 Å². The van der Waals surface area contributed by atoms with Crippen molar-refractivity contribution in [1.82, 2.24) is 10.2 Å². The molecule has 160 valence electrons. The number of nitrogens with one attached hydrogen (secondary N) is 1. The lowest BCUT2D eigenvalue weighted by Gasteiger charge is -2.36. The lowest BCUT2D eigenvalue weighted by molar-refractivity contribution is -0.125. The number of hydrogen-bond donors (Lipinski definition) is 1. The van der Waals surface area contributed by atoms with E-state index in [9.17, 15) is 9.59 Å². The molecule has 2 saturated heterocycles. The Hall–Kier alpha value is -2.99. The number of amides is 2. The van der Waals surface area contributed by atoms with Crippen molar-refractivity contribution in [2.75, 3.05) is 19.8 Å². The SMILES string of the molecule is Cc1ccc(C(=O)N2CCC(Cc3ccccc3)C2C2N=C3COCC3C(=O)N2)cc1. The first kappa shape index (κ1) is 19.9. The van der Waals surface area contributed by atoms with Crippen LogP contribution in [0.3, 0.4) is 0 Å². The maximum absolute atomic E-state index is 13.5. The zero-order chi connectivity index (χ0) is 21.4. The second-order valence-electron chi connectivity index (χ2n) is 8.74. The first-order valence-electron chi connectivity index (χ1n) is 11.0. The van der Waals surface area contributed by atoms with E-state index in [1.165, 1.54) is 5.56 Å². The van der Waals surface area contributed by atoms with Crippen LogP contribution in [0.2, 0.25) is 0 Å². The van der Waals surface area contributed by atoms with Gasteiger partial charge in [-0.2, -0.15) is 0 Å². The van der Waals surface area contributed by atoms with Gasteiger partial charge in [0.05, 0.1) is 25.0 Å². The zero-order valence-electron chi connectivity index (χ0n) is 17.7. The lowest BCUT2D eigenvalue weighted by atomic mass is 9.89. The molecular weight excluding hydrogens is 390 g/mol. The summed E-state index contributed by atoms with van der Waals surface area (Å²) >= 11 is 0. The summed E-state index contributed by atoms with van der Waals surface area (Å²) in [4.78, 5) is 33.0. The lowest BCUT2D eigenvalue weighted by Crippen LogP contribution is -2.57. The Morgan fingerprint density at radius 2 is 1.94 bits per heavy atom. The standard InChI is InChI=1S/C25H27N3O3/c1-16-7-9-18(10-8-16)25(30)28-12-11-19(13-17-5-3-2-4-6-17)22(28)23-26-21-15-31-14-20(21)24(29)27-23/h2-10,19-20,22-23H,11-15H2,1H3,(H,27,29). The summed E-state index contributed by atoms with van der Waals surface area (Å²) < 4.78 is 5.48. The maximum Gasteiger partial charge on any atom is 0.254 e. The van der Waals surface area contributed by atoms with Gasteiger partial charge >= 0.3 is 0 Å². The highest BCUT2D eigenvalue weighted by Gasteiger charge is 2.46. The zero-order valence-corrected chi connectivity index (χ0v) is 17.7. The molecule has 4 atom stereocenters. The fraction of sp³-hybridized carbons (Fsp3) is 0.400. The van der Waals surface area contributed by atoms with Crippen LogP contribution in [0.1, 0.15) is 27.9 Å². The van der Waals surface area contributed by atoms with Gasteiger partial charge in [0.15, 0.2) is 0 Å². The van der Waals surface area contributed by atoms with Crippen LogP contribution in [-0.4, -0.2) is 54.4 Å².